The van der Waals surface area contributed by atoms with Crippen LogP contribution in [0.5, 0.6) is 5.75 Å². The minimum absolute atomic E-state index is 0.0712. The van der Waals surface area contributed by atoms with E-state index in [0.717, 1.165) is 5.69 Å². The van der Waals surface area contributed by atoms with Gasteiger partial charge in [-0.05, 0) is 24.3 Å². The maximum absolute atomic E-state index is 11.6. The first-order valence-corrected chi connectivity index (χ1v) is 5.71. The molecule has 0 spiro atoms. The summed E-state index contributed by atoms with van der Waals surface area (Å²) in [5.74, 6) is 0.277. The Morgan fingerprint density at radius 1 is 1.22 bits per heavy atom. The van der Waals surface area contributed by atoms with Crippen LogP contribution in [0.25, 0.3) is 0 Å². The molecule has 0 fully saturated rings. The fourth-order valence-corrected chi connectivity index (χ4v) is 1.43. The Morgan fingerprint density at radius 3 is 2.67 bits per heavy atom. The number of carbonyl (C=O) groups is 1. The Kier molecular flexibility index (Phi) is 4.15. The average Bonchev–Trinajstić information content (AvgIpc) is 2.39. The Balaban J connectivity index is 1.83. The van der Waals surface area contributed by atoms with Crippen molar-refractivity contribution in [3.63, 3.8) is 0 Å². The molecule has 1 aromatic carbocycles. The maximum atomic E-state index is 11.6. The highest BCUT2D eigenvalue weighted by Gasteiger charge is 2.03. The summed E-state index contributed by atoms with van der Waals surface area (Å²) in [6.45, 7) is -0.0712. The highest BCUT2D eigenvalue weighted by molar-refractivity contribution is 6.29. The molecule has 0 bridgehead atoms. The van der Waals surface area contributed by atoms with E-state index >= 15 is 0 Å². The number of aromatic nitrogens is 1. The van der Waals surface area contributed by atoms with E-state index in [9.17, 15) is 4.79 Å². The molecule has 5 heteroatoms. The first kappa shape index (κ1) is 12.4. The summed E-state index contributed by atoms with van der Waals surface area (Å²) in [5, 5.41) is 3.10. The molecular formula is C13H11ClN2O2. The van der Waals surface area contributed by atoms with Gasteiger partial charge in [-0.3, -0.25) is 4.79 Å². The third kappa shape index (κ3) is 3.75. The summed E-state index contributed by atoms with van der Waals surface area (Å²) in [5.41, 5.74) is 0.736. The molecule has 0 unspecified atom stereocenters. The van der Waals surface area contributed by atoms with Crippen LogP contribution in [0, 0.1) is 0 Å². The number of carbonyl (C=O) groups excluding carboxylic acids is 1. The number of hydrogen-bond acceptors (Lipinski definition) is 3. The van der Waals surface area contributed by atoms with Crippen molar-refractivity contribution >= 4 is 23.2 Å². The molecule has 0 atom stereocenters. The van der Waals surface area contributed by atoms with Crippen molar-refractivity contribution in [1.82, 2.24) is 4.98 Å². The summed E-state index contributed by atoms with van der Waals surface area (Å²) < 4.78 is 5.26. The molecule has 0 aliphatic heterocycles. The molecule has 1 heterocycles. The zero-order valence-electron chi connectivity index (χ0n) is 9.47. The van der Waals surface area contributed by atoms with Gasteiger partial charge in [0.1, 0.15) is 10.9 Å². The first-order chi connectivity index (χ1) is 8.74. The maximum Gasteiger partial charge on any atom is 0.262 e. The quantitative estimate of drug-likeness (QED) is 0.862. The van der Waals surface area contributed by atoms with Crippen LogP contribution in [0.4, 0.5) is 5.69 Å². The highest BCUT2D eigenvalue weighted by atomic mass is 35.5. The van der Waals surface area contributed by atoms with Crippen LogP contribution in [0.2, 0.25) is 5.15 Å². The van der Waals surface area contributed by atoms with Gasteiger partial charge >= 0.3 is 0 Å². The van der Waals surface area contributed by atoms with E-state index in [2.05, 4.69) is 10.3 Å². The average molecular weight is 263 g/mol. The van der Waals surface area contributed by atoms with Gasteiger partial charge in [0, 0.05) is 5.69 Å². The van der Waals surface area contributed by atoms with Crippen molar-refractivity contribution in [1.29, 1.82) is 0 Å². The molecule has 1 N–H and O–H groups in total. The second kappa shape index (κ2) is 6.02. The fraction of sp³-hybridized carbons (Fsp3) is 0.0769. The summed E-state index contributed by atoms with van der Waals surface area (Å²) in [4.78, 5) is 15.4. The summed E-state index contributed by atoms with van der Waals surface area (Å²) in [6.07, 6.45) is 1.47. The number of para-hydroxylation sites is 1. The van der Waals surface area contributed by atoms with Gasteiger partial charge in [-0.2, -0.15) is 0 Å². The zero-order valence-corrected chi connectivity index (χ0v) is 10.2. The lowest BCUT2D eigenvalue weighted by Crippen LogP contribution is -2.20. The van der Waals surface area contributed by atoms with Crippen LogP contribution in [-0.4, -0.2) is 17.5 Å². The number of rotatable bonds is 4. The van der Waals surface area contributed by atoms with Crippen molar-refractivity contribution in [2.45, 2.75) is 0 Å². The van der Waals surface area contributed by atoms with E-state index in [4.69, 9.17) is 16.3 Å². The van der Waals surface area contributed by atoms with Gasteiger partial charge in [-0.25, -0.2) is 4.98 Å². The van der Waals surface area contributed by atoms with Crippen molar-refractivity contribution in [3.05, 3.63) is 53.8 Å². The van der Waals surface area contributed by atoms with E-state index in [1.807, 2.05) is 30.3 Å². The fourth-order valence-electron chi connectivity index (χ4n) is 1.32. The predicted molar refractivity (Wildman–Crippen MR) is 69.8 cm³/mol. The lowest BCUT2D eigenvalue weighted by Gasteiger charge is -2.06. The van der Waals surface area contributed by atoms with Crippen molar-refractivity contribution in [3.8, 4) is 5.75 Å². The smallest absolute Gasteiger partial charge is 0.262 e. The lowest BCUT2D eigenvalue weighted by atomic mass is 10.3. The number of benzene rings is 1. The van der Waals surface area contributed by atoms with Crippen LogP contribution in [0.15, 0.2) is 48.7 Å². The third-order valence-electron chi connectivity index (χ3n) is 2.13. The summed E-state index contributed by atoms with van der Waals surface area (Å²) in [7, 11) is 0. The number of nitrogens with zero attached hydrogens (tertiary/aromatic N) is 1. The van der Waals surface area contributed by atoms with Crippen LogP contribution in [-0.2, 0) is 4.79 Å². The minimum Gasteiger partial charge on any atom is -0.482 e. The van der Waals surface area contributed by atoms with Gasteiger partial charge in [0.05, 0.1) is 6.20 Å². The van der Waals surface area contributed by atoms with Gasteiger partial charge in [0.2, 0.25) is 0 Å². The molecule has 1 amide bonds. The van der Waals surface area contributed by atoms with Crippen molar-refractivity contribution in [2.24, 2.45) is 0 Å². The van der Waals surface area contributed by atoms with Gasteiger partial charge in [0.25, 0.3) is 5.91 Å². The second-order valence-electron chi connectivity index (χ2n) is 3.52. The number of hydrogen-bond donors (Lipinski definition) is 1. The van der Waals surface area contributed by atoms with Crippen LogP contribution >= 0.6 is 11.6 Å². The molecule has 2 rings (SSSR count). The molecule has 4 nitrogen and oxygen atoms in total. The van der Waals surface area contributed by atoms with E-state index in [1.165, 1.54) is 6.20 Å². The first-order valence-electron chi connectivity index (χ1n) is 5.33. The number of pyridine rings is 1. The third-order valence-corrected chi connectivity index (χ3v) is 2.35. The van der Waals surface area contributed by atoms with Crippen molar-refractivity contribution in [2.75, 3.05) is 11.9 Å². The Labute approximate surface area is 110 Å². The molecule has 18 heavy (non-hydrogen) atoms. The monoisotopic (exact) mass is 262 g/mol. The van der Waals surface area contributed by atoms with Crippen molar-refractivity contribution < 1.29 is 9.53 Å². The van der Waals surface area contributed by atoms with Gasteiger partial charge in [0.15, 0.2) is 6.61 Å². The number of halogens is 1. The Bertz CT molecular complexity index is 514. The van der Waals surface area contributed by atoms with E-state index < -0.39 is 0 Å². The molecule has 92 valence electrons. The highest BCUT2D eigenvalue weighted by Crippen LogP contribution is 2.12. The number of ether oxygens (including phenoxy) is 1. The van der Waals surface area contributed by atoms with Gasteiger partial charge in [-0.15, -0.1) is 0 Å². The molecule has 0 aliphatic carbocycles. The molecular weight excluding hydrogens is 252 g/mol. The Morgan fingerprint density at radius 2 is 2.00 bits per heavy atom. The minimum atomic E-state index is -0.226. The molecule has 1 aromatic heterocycles. The summed E-state index contributed by atoms with van der Waals surface area (Å²) >= 11 is 5.64. The number of amides is 1. The van der Waals surface area contributed by atoms with Crippen LogP contribution < -0.4 is 10.1 Å². The predicted octanol–water partition coefficient (Wildman–Crippen LogP) is 2.75. The summed E-state index contributed by atoms with van der Waals surface area (Å²) in [6, 6.07) is 12.4. The second-order valence-corrected chi connectivity index (χ2v) is 3.91. The van der Waals surface area contributed by atoms with Crippen LogP contribution in [0.1, 0.15) is 0 Å². The van der Waals surface area contributed by atoms with E-state index in [-0.39, 0.29) is 12.5 Å². The van der Waals surface area contributed by atoms with E-state index in [0.29, 0.717) is 10.9 Å². The molecule has 0 radical (unpaired) electrons. The number of anilines is 1. The molecule has 2 aromatic rings. The SMILES string of the molecule is O=C(COc1ccc(Cl)nc1)Nc1ccccc1. The number of nitrogens with one attached hydrogen (secondary N) is 1. The standard InChI is InChI=1S/C13H11ClN2O2/c14-12-7-6-11(8-15-12)18-9-13(17)16-10-4-2-1-3-5-10/h1-8H,9H2,(H,16,17). The molecule has 0 aliphatic rings. The molecule has 0 saturated heterocycles. The molecule has 0 saturated carbocycles. The lowest BCUT2D eigenvalue weighted by molar-refractivity contribution is -0.118. The largest absolute Gasteiger partial charge is 0.482 e. The Hall–Kier alpha value is -2.07. The normalized spacial score (nSPS) is 9.83. The van der Waals surface area contributed by atoms with Crippen LogP contribution in [0.3, 0.4) is 0 Å². The van der Waals surface area contributed by atoms with E-state index in [1.54, 1.807) is 12.1 Å². The zero-order chi connectivity index (χ0) is 12.8. The van der Waals surface area contributed by atoms with Gasteiger partial charge < -0.3 is 10.1 Å². The van der Waals surface area contributed by atoms with Gasteiger partial charge in [-0.1, -0.05) is 29.8 Å². The topological polar surface area (TPSA) is 51.2 Å².